The average Bonchev–Trinajstić information content (AvgIpc) is 3.47. The van der Waals surface area contributed by atoms with Gasteiger partial charge in [-0.1, -0.05) is 297 Å². The zero-order chi connectivity index (χ0) is 58.5. The van der Waals surface area contributed by atoms with Gasteiger partial charge >= 0.3 is 17.9 Å². The zero-order valence-corrected chi connectivity index (χ0v) is 53.3. The number of hydrogen-bond acceptors (Lipinski definition) is 6. The van der Waals surface area contributed by atoms with Gasteiger partial charge in [0.25, 0.3) is 0 Å². The number of esters is 3. The highest BCUT2D eigenvalue weighted by Gasteiger charge is 2.19. The molecule has 0 heterocycles. The monoisotopic (exact) mass is 1120 g/mol. The van der Waals surface area contributed by atoms with Crippen LogP contribution in [-0.2, 0) is 28.6 Å². The fourth-order valence-corrected chi connectivity index (χ4v) is 9.60. The van der Waals surface area contributed by atoms with Crippen molar-refractivity contribution >= 4 is 17.9 Å². The summed E-state index contributed by atoms with van der Waals surface area (Å²) in [6, 6.07) is 0. The molecule has 81 heavy (non-hydrogen) atoms. The van der Waals surface area contributed by atoms with Crippen molar-refractivity contribution in [3.8, 4) is 0 Å². The van der Waals surface area contributed by atoms with Gasteiger partial charge in [-0.05, 0) is 122 Å². The molecule has 464 valence electrons. The Balaban J connectivity index is 4.37. The number of ether oxygens (including phenoxy) is 3. The highest BCUT2D eigenvalue weighted by atomic mass is 16.6. The van der Waals surface area contributed by atoms with Crippen LogP contribution in [-0.4, -0.2) is 37.2 Å². The lowest BCUT2D eigenvalue weighted by atomic mass is 10.0. The molecule has 0 radical (unpaired) electrons. The molecule has 0 aliphatic rings. The molecule has 0 aliphatic heterocycles. The molecule has 0 saturated heterocycles. The topological polar surface area (TPSA) is 78.9 Å². The second-order valence-electron chi connectivity index (χ2n) is 22.7. The van der Waals surface area contributed by atoms with Gasteiger partial charge < -0.3 is 14.2 Å². The lowest BCUT2D eigenvalue weighted by molar-refractivity contribution is -0.167. The van der Waals surface area contributed by atoms with E-state index in [2.05, 4.69) is 130 Å². The summed E-state index contributed by atoms with van der Waals surface area (Å²) < 4.78 is 16.9. The molecule has 0 N–H and O–H groups in total. The van der Waals surface area contributed by atoms with Crippen LogP contribution < -0.4 is 0 Å². The Morgan fingerprint density at radius 1 is 0.259 bits per heavy atom. The molecule has 0 bridgehead atoms. The molecule has 0 rings (SSSR count). The summed E-state index contributed by atoms with van der Waals surface area (Å²) in [4.78, 5) is 38.4. The Morgan fingerprint density at radius 2 is 0.494 bits per heavy atom. The van der Waals surface area contributed by atoms with Crippen LogP contribution in [0.1, 0.15) is 329 Å². The second-order valence-corrected chi connectivity index (χ2v) is 22.7. The van der Waals surface area contributed by atoms with E-state index in [1.807, 2.05) is 0 Å². The van der Waals surface area contributed by atoms with Crippen molar-refractivity contribution in [2.75, 3.05) is 13.2 Å². The van der Waals surface area contributed by atoms with Crippen LogP contribution in [0.4, 0.5) is 0 Å². The Labute approximate surface area is 501 Å². The number of carbonyl (C=O) groups is 3. The van der Waals surface area contributed by atoms with Crippen LogP contribution in [0.3, 0.4) is 0 Å². The van der Waals surface area contributed by atoms with Gasteiger partial charge in [0.05, 0.1) is 0 Å². The molecule has 0 aromatic carbocycles. The van der Waals surface area contributed by atoms with Gasteiger partial charge in [0.2, 0.25) is 0 Å². The number of carbonyl (C=O) groups excluding carboxylic acids is 3. The first-order chi connectivity index (χ1) is 40.0. The second kappa shape index (κ2) is 68.6. The molecule has 0 aliphatic carbocycles. The maximum atomic E-state index is 12.9. The van der Waals surface area contributed by atoms with E-state index in [9.17, 15) is 14.4 Å². The van der Waals surface area contributed by atoms with Crippen LogP contribution in [0, 0.1) is 0 Å². The standard InChI is InChI=1S/C75H128O6/c1-4-7-10-13-16-19-22-25-28-31-33-34-35-36-37-38-39-40-42-44-47-50-53-56-59-62-65-68-74(77)80-71-72(70-79-73(76)67-64-61-58-55-52-49-46-43-30-27-24-21-18-15-12-9-6-3)81-75(78)69-66-63-60-57-54-51-48-45-41-32-29-26-23-20-17-14-11-8-5-2/h9,12,17-18,20-22,25-27,29-31,33,46,49,55,58,72H,4-8,10-11,13-16,19,23-24,28,32,34-45,47-48,50-54,56-57,59-71H2,1-3H3/b12-9-,20-17-,21-18-,25-22-,29-26-,30-27-,33-31-,49-46-,58-55-. The summed E-state index contributed by atoms with van der Waals surface area (Å²) in [5.74, 6) is -0.951. The molecule has 0 saturated carbocycles. The van der Waals surface area contributed by atoms with E-state index in [-0.39, 0.29) is 37.5 Å². The van der Waals surface area contributed by atoms with E-state index in [4.69, 9.17) is 14.2 Å². The number of unbranched alkanes of at least 4 members (excludes halogenated alkanes) is 33. The minimum atomic E-state index is -0.806. The van der Waals surface area contributed by atoms with Gasteiger partial charge in [-0.3, -0.25) is 14.4 Å². The molecule has 0 spiro atoms. The van der Waals surface area contributed by atoms with E-state index in [1.54, 1.807) is 0 Å². The Hall–Kier alpha value is -3.93. The first kappa shape index (κ1) is 77.1. The predicted molar refractivity (Wildman–Crippen MR) is 353 cm³/mol. The summed E-state index contributed by atoms with van der Waals surface area (Å²) in [5, 5.41) is 0. The van der Waals surface area contributed by atoms with Gasteiger partial charge in [0.1, 0.15) is 13.2 Å². The van der Waals surface area contributed by atoms with Crippen LogP contribution >= 0.6 is 0 Å². The van der Waals surface area contributed by atoms with Crippen LogP contribution in [0.5, 0.6) is 0 Å². The largest absolute Gasteiger partial charge is 0.462 e. The predicted octanol–water partition coefficient (Wildman–Crippen LogP) is 23.8. The molecule has 6 nitrogen and oxygen atoms in total. The molecule has 6 heteroatoms. The fourth-order valence-electron chi connectivity index (χ4n) is 9.60. The van der Waals surface area contributed by atoms with Gasteiger partial charge in [-0.25, -0.2) is 0 Å². The maximum absolute atomic E-state index is 12.9. The van der Waals surface area contributed by atoms with Gasteiger partial charge in [0, 0.05) is 19.3 Å². The fraction of sp³-hybridized carbons (Fsp3) is 0.720. The van der Waals surface area contributed by atoms with Crippen LogP contribution in [0.2, 0.25) is 0 Å². The van der Waals surface area contributed by atoms with Gasteiger partial charge in [-0.2, -0.15) is 0 Å². The Kier molecular flexibility index (Phi) is 65.2. The molecule has 0 aromatic heterocycles. The quantitative estimate of drug-likeness (QED) is 0.0261. The highest BCUT2D eigenvalue weighted by molar-refractivity contribution is 5.71. The lowest BCUT2D eigenvalue weighted by Crippen LogP contribution is -2.30. The summed E-state index contributed by atoms with van der Waals surface area (Å²) in [6.07, 6.45) is 94.0. The molecule has 0 fully saturated rings. The first-order valence-electron chi connectivity index (χ1n) is 34.4. The molecule has 1 unspecified atom stereocenters. The smallest absolute Gasteiger partial charge is 0.306 e. The molecule has 0 amide bonds. The maximum Gasteiger partial charge on any atom is 0.306 e. The van der Waals surface area contributed by atoms with Crippen molar-refractivity contribution < 1.29 is 28.6 Å². The summed E-state index contributed by atoms with van der Waals surface area (Å²) in [5.41, 5.74) is 0. The Bertz CT molecular complexity index is 1620. The van der Waals surface area contributed by atoms with Crippen molar-refractivity contribution in [1.29, 1.82) is 0 Å². The zero-order valence-electron chi connectivity index (χ0n) is 53.3. The van der Waals surface area contributed by atoms with E-state index < -0.39 is 6.10 Å². The SMILES string of the molecule is CC/C=C\C/C=C\C/C=C\C/C=C\C/C=C\CCCC(=O)OCC(COC(=O)CCCCCCCCCCCCCCCCC/C=C\C/C=C\CCCCCCC)OC(=O)CCCCCCCCCCC/C=C\C/C=C\CCCCC. The highest BCUT2D eigenvalue weighted by Crippen LogP contribution is 2.17. The third-order valence-electron chi connectivity index (χ3n) is 14.7. The Morgan fingerprint density at radius 3 is 0.827 bits per heavy atom. The van der Waals surface area contributed by atoms with E-state index in [0.717, 1.165) is 89.9 Å². The van der Waals surface area contributed by atoms with Crippen molar-refractivity contribution in [2.24, 2.45) is 0 Å². The van der Waals surface area contributed by atoms with Crippen molar-refractivity contribution in [1.82, 2.24) is 0 Å². The van der Waals surface area contributed by atoms with Gasteiger partial charge in [0.15, 0.2) is 6.10 Å². The number of hydrogen-bond donors (Lipinski definition) is 0. The molecular formula is C75H128O6. The minimum Gasteiger partial charge on any atom is -0.462 e. The van der Waals surface area contributed by atoms with Crippen molar-refractivity contribution in [3.63, 3.8) is 0 Å². The van der Waals surface area contributed by atoms with Crippen LogP contribution in [0.25, 0.3) is 0 Å². The third-order valence-corrected chi connectivity index (χ3v) is 14.7. The van der Waals surface area contributed by atoms with Crippen LogP contribution in [0.15, 0.2) is 109 Å². The van der Waals surface area contributed by atoms with Crippen molar-refractivity contribution in [3.05, 3.63) is 109 Å². The van der Waals surface area contributed by atoms with E-state index >= 15 is 0 Å². The minimum absolute atomic E-state index is 0.0969. The summed E-state index contributed by atoms with van der Waals surface area (Å²) >= 11 is 0. The molecule has 0 aromatic rings. The lowest BCUT2D eigenvalue weighted by Gasteiger charge is -2.18. The third kappa shape index (κ3) is 66.8. The molecular weight excluding hydrogens is 997 g/mol. The number of rotatable bonds is 62. The number of allylic oxidation sites excluding steroid dienone is 18. The van der Waals surface area contributed by atoms with E-state index in [0.29, 0.717) is 19.3 Å². The van der Waals surface area contributed by atoms with Crippen molar-refractivity contribution in [2.45, 2.75) is 335 Å². The molecule has 1 atom stereocenters. The average molecular weight is 1130 g/mol. The van der Waals surface area contributed by atoms with Gasteiger partial charge in [-0.15, -0.1) is 0 Å². The first-order valence-corrected chi connectivity index (χ1v) is 34.4. The van der Waals surface area contributed by atoms with E-state index in [1.165, 1.54) is 193 Å². The normalized spacial score (nSPS) is 12.8. The summed E-state index contributed by atoms with van der Waals surface area (Å²) in [7, 11) is 0. The summed E-state index contributed by atoms with van der Waals surface area (Å²) in [6.45, 7) is 6.47.